The lowest BCUT2D eigenvalue weighted by molar-refractivity contribution is -0.384. The number of nitro groups is 1. The maximum atomic E-state index is 12.5. The molecular weight excluding hydrogens is 434 g/mol. The number of amides is 1. The van der Waals surface area contributed by atoms with Gasteiger partial charge < -0.3 is 19.9 Å². The number of phenols is 1. The summed E-state index contributed by atoms with van der Waals surface area (Å²) in [6.07, 6.45) is 0. The van der Waals surface area contributed by atoms with Crippen molar-refractivity contribution in [2.24, 2.45) is 0 Å². The van der Waals surface area contributed by atoms with E-state index >= 15 is 0 Å². The highest BCUT2D eigenvalue weighted by atomic mass is 32.1. The molecule has 0 heterocycles. The molecule has 164 valence electrons. The highest BCUT2D eigenvalue weighted by Gasteiger charge is 2.14. The van der Waals surface area contributed by atoms with Crippen LogP contribution in [0, 0.1) is 10.1 Å². The first-order chi connectivity index (χ1) is 15.4. The fourth-order valence-electron chi connectivity index (χ4n) is 2.63. The molecule has 0 unspecified atom stereocenters. The van der Waals surface area contributed by atoms with Gasteiger partial charge in [-0.3, -0.25) is 20.2 Å². The van der Waals surface area contributed by atoms with E-state index in [1.54, 1.807) is 24.3 Å². The lowest BCUT2D eigenvalue weighted by Gasteiger charge is -2.12. The second kappa shape index (κ2) is 10.7. The minimum atomic E-state index is -0.608. The molecule has 10 heteroatoms. The molecule has 0 aliphatic heterocycles. The monoisotopic (exact) mass is 453 g/mol. The summed E-state index contributed by atoms with van der Waals surface area (Å²) in [5, 5.41) is 25.6. The topological polar surface area (TPSA) is 123 Å². The van der Waals surface area contributed by atoms with E-state index in [0.717, 1.165) is 23.9 Å². The number of carbonyl (C=O) groups is 1. The molecule has 3 rings (SSSR count). The molecule has 0 bridgehead atoms. The van der Waals surface area contributed by atoms with Crippen molar-refractivity contribution < 1.29 is 24.3 Å². The van der Waals surface area contributed by atoms with E-state index in [1.807, 2.05) is 30.3 Å². The second-order valence-corrected chi connectivity index (χ2v) is 6.81. The van der Waals surface area contributed by atoms with Crippen molar-refractivity contribution >= 4 is 34.6 Å². The number of hydrogen-bond acceptors (Lipinski definition) is 7. The molecule has 1 amide bonds. The molecular formula is C22H19N3O6S. The predicted octanol–water partition coefficient (Wildman–Crippen LogP) is 3.89. The van der Waals surface area contributed by atoms with Gasteiger partial charge in [-0.25, -0.2) is 0 Å². The number of para-hydroxylation sites is 1. The van der Waals surface area contributed by atoms with Gasteiger partial charge in [-0.2, -0.15) is 0 Å². The summed E-state index contributed by atoms with van der Waals surface area (Å²) in [6.45, 7) is 0.618. The van der Waals surface area contributed by atoms with Gasteiger partial charge in [0.1, 0.15) is 30.5 Å². The number of nitrogens with zero attached hydrogens (tertiary/aromatic N) is 1. The largest absolute Gasteiger partial charge is 0.506 e. The highest BCUT2D eigenvalue weighted by molar-refractivity contribution is 7.80. The molecule has 3 aromatic carbocycles. The Bertz CT molecular complexity index is 1120. The third-order valence-corrected chi connectivity index (χ3v) is 4.33. The van der Waals surface area contributed by atoms with E-state index in [1.165, 1.54) is 0 Å². The molecule has 9 nitrogen and oxygen atoms in total. The van der Waals surface area contributed by atoms with Gasteiger partial charge in [-0.15, -0.1) is 0 Å². The zero-order chi connectivity index (χ0) is 22.9. The van der Waals surface area contributed by atoms with Crippen LogP contribution in [-0.4, -0.2) is 34.3 Å². The van der Waals surface area contributed by atoms with E-state index in [0.29, 0.717) is 17.9 Å². The molecule has 3 N–H and O–H groups in total. The first kappa shape index (κ1) is 22.5. The van der Waals surface area contributed by atoms with Crippen LogP contribution in [-0.2, 0) is 0 Å². The SMILES string of the molecule is O=C(NC(=S)Nc1cc([N+](=O)[O-])ccc1O)c1cccc(OCCOc2ccccc2)c1. The van der Waals surface area contributed by atoms with E-state index in [2.05, 4.69) is 10.6 Å². The van der Waals surface area contributed by atoms with Gasteiger partial charge in [-0.1, -0.05) is 24.3 Å². The van der Waals surface area contributed by atoms with Crippen LogP contribution in [0.25, 0.3) is 0 Å². The Balaban J connectivity index is 1.53. The maximum Gasteiger partial charge on any atom is 0.271 e. The standard InChI is InChI=1S/C22H19N3O6S/c26-20-10-9-16(25(28)29)14-19(20)23-22(32)24-21(27)15-5-4-8-18(13-15)31-12-11-30-17-6-2-1-3-7-17/h1-10,13-14,26H,11-12H2,(H2,23,24,27,32). The fourth-order valence-corrected chi connectivity index (χ4v) is 2.83. The normalized spacial score (nSPS) is 10.1. The molecule has 0 aliphatic rings. The van der Waals surface area contributed by atoms with Gasteiger partial charge in [-0.05, 0) is 48.6 Å². The van der Waals surface area contributed by atoms with Gasteiger partial charge in [0, 0.05) is 17.7 Å². The average Bonchev–Trinajstić information content (AvgIpc) is 2.79. The summed E-state index contributed by atoms with van der Waals surface area (Å²) < 4.78 is 11.2. The number of benzene rings is 3. The lowest BCUT2D eigenvalue weighted by Crippen LogP contribution is -2.34. The number of rotatable bonds is 8. The summed E-state index contributed by atoms with van der Waals surface area (Å²) in [5.74, 6) is 0.447. The summed E-state index contributed by atoms with van der Waals surface area (Å²) >= 11 is 5.07. The first-order valence-electron chi connectivity index (χ1n) is 9.43. The van der Waals surface area contributed by atoms with E-state index in [4.69, 9.17) is 21.7 Å². The van der Waals surface area contributed by atoms with Gasteiger partial charge in [0.15, 0.2) is 5.11 Å². The molecule has 0 aliphatic carbocycles. The summed E-state index contributed by atoms with van der Waals surface area (Å²) in [7, 11) is 0. The Labute approximate surface area is 188 Å². The smallest absolute Gasteiger partial charge is 0.271 e. The van der Waals surface area contributed by atoms with Crippen molar-refractivity contribution in [2.45, 2.75) is 0 Å². The lowest BCUT2D eigenvalue weighted by atomic mass is 10.2. The minimum absolute atomic E-state index is 0.000000109. The quantitative estimate of drug-likeness (QED) is 0.154. The van der Waals surface area contributed by atoms with Crippen LogP contribution in [0.4, 0.5) is 11.4 Å². The van der Waals surface area contributed by atoms with Crippen molar-refractivity contribution in [1.82, 2.24) is 5.32 Å². The molecule has 3 aromatic rings. The maximum absolute atomic E-state index is 12.5. The van der Waals surface area contributed by atoms with Crippen LogP contribution in [0.1, 0.15) is 10.4 Å². The van der Waals surface area contributed by atoms with Gasteiger partial charge >= 0.3 is 0 Å². The number of nitro benzene ring substituents is 1. The van der Waals surface area contributed by atoms with Gasteiger partial charge in [0.05, 0.1) is 10.6 Å². The predicted molar refractivity (Wildman–Crippen MR) is 122 cm³/mol. The third kappa shape index (κ3) is 6.41. The van der Waals surface area contributed by atoms with Gasteiger partial charge in [0.2, 0.25) is 0 Å². The summed E-state index contributed by atoms with van der Waals surface area (Å²) in [5.41, 5.74) is 0.0550. The number of phenolic OH excluding ortho intramolecular Hbond substituents is 1. The number of hydrogen-bond donors (Lipinski definition) is 3. The molecule has 32 heavy (non-hydrogen) atoms. The molecule has 0 aromatic heterocycles. The zero-order valence-electron chi connectivity index (χ0n) is 16.7. The fraction of sp³-hybridized carbons (Fsp3) is 0.0909. The third-order valence-electron chi connectivity index (χ3n) is 4.13. The summed E-state index contributed by atoms with van der Waals surface area (Å²) in [4.78, 5) is 22.8. The summed E-state index contributed by atoms with van der Waals surface area (Å²) in [6, 6.07) is 19.2. The van der Waals surface area contributed by atoms with E-state index in [-0.39, 0.29) is 28.8 Å². The average molecular weight is 453 g/mol. The molecule has 0 saturated carbocycles. The van der Waals surface area contributed by atoms with E-state index in [9.17, 15) is 20.0 Å². The number of carbonyl (C=O) groups excluding carboxylic acids is 1. The van der Waals surface area contributed by atoms with Crippen LogP contribution >= 0.6 is 12.2 Å². The Morgan fingerprint density at radius 1 is 0.969 bits per heavy atom. The Hall–Kier alpha value is -4.18. The molecule has 0 saturated heterocycles. The van der Waals surface area contributed by atoms with Crippen LogP contribution in [0.15, 0.2) is 72.8 Å². The Kier molecular flexibility index (Phi) is 7.55. The number of nitrogens with one attached hydrogen (secondary N) is 2. The second-order valence-electron chi connectivity index (χ2n) is 6.40. The van der Waals surface area contributed by atoms with Crippen molar-refractivity contribution in [3.63, 3.8) is 0 Å². The van der Waals surface area contributed by atoms with Crippen molar-refractivity contribution in [1.29, 1.82) is 0 Å². The number of aromatic hydroxyl groups is 1. The van der Waals surface area contributed by atoms with Crippen molar-refractivity contribution in [2.75, 3.05) is 18.5 Å². The molecule has 0 radical (unpaired) electrons. The Morgan fingerprint density at radius 2 is 1.66 bits per heavy atom. The van der Waals surface area contributed by atoms with Crippen LogP contribution in [0.5, 0.6) is 17.2 Å². The van der Waals surface area contributed by atoms with Gasteiger partial charge in [0.25, 0.3) is 11.6 Å². The van der Waals surface area contributed by atoms with Crippen LogP contribution in [0.2, 0.25) is 0 Å². The van der Waals surface area contributed by atoms with Crippen molar-refractivity contribution in [3.05, 3.63) is 88.5 Å². The number of anilines is 1. The number of thiocarbonyl (C=S) groups is 1. The van der Waals surface area contributed by atoms with Crippen molar-refractivity contribution in [3.8, 4) is 17.2 Å². The minimum Gasteiger partial charge on any atom is -0.506 e. The van der Waals surface area contributed by atoms with Crippen LogP contribution < -0.4 is 20.1 Å². The van der Waals surface area contributed by atoms with Crippen LogP contribution in [0.3, 0.4) is 0 Å². The molecule has 0 atom stereocenters. The molecule has 0 fully saturated rings. The number of ether oxygens (including phenoxy) is 2. The highest BCUT2D eigenvalue weighted by Crippen LogP contribution is 2.27. The first-order valence-corrected chi connectivity index (χ1v) is 9.83. The Morgan fingerprint density at radius 3 is 2.38 bits per heavy atom. The molecule has 0 spiro atoms. The zero-order valence-corrected chi connectivity index (χ0v) is 17.5. The number of non-ortho nitro benzene ring substituents is 1. The van der Waals surface area contributed by atoms with E-state index < -0.39 is 10.8 Å².